The standard InChI is InChI=1S/C21H27FN2O/c1-2-20(17-6-4-3-5-7-17)23-15-16-8-9-21(19(22)14-16)24-12-10-18(25)11-13-24/h3-9,14,18,20,23,25H,2,10-13,15H2,1H3. The summed E-state index contributed by atoms with van der Waals surface area (Å²) in [5, 5.41) is 13.1. The number of nitrogens with one attached hydrogen (secondary N) is 1. The molecule has 0 amide bonds. The van der Waals surface area contributed by atoms with Crippen LogP contribution in [-0.4, -0.2) is 24.3 Å². The van der Waals surface area contributed by atoms with Crippen LogP contribution < -0.4 is 10.2 Å². The van der Waals surface area contributed by atoms with Crippen LogP contribution in [0.3, 0.4) is 0 Å². The number of halogens is 1. The molecule has 0 aliphatic carbocycles. The molecular formula is C21H27FN2O. The fraction of sp³-hybridized carbons (Fsp3) is 0.429. The van der Waals surface area contributed by atoms with Gasteiger partial charge in [-0.3, -0.25) is 0 Å². The molecule has 2 N–H and O–H groups in total. The van der Waals surface area contributed by atoms with Gasteiger partial charge in [0.15, 0.2) is 0 Å². The molecule has 0 radical (unpaired) electrons. The largest absolute Gasteiger partial charge is 0.393 e. The van der Waals surface area contributed by atoms with Crippen molar-refractivity contribution in [1.29, 1.82) is 0 Å². The SMILES string of the molecule is CCC(NCc1ccc(N2CCC(O)CC2)c(F)c1)c1ccccc1. The Morgan fingerprint density at radius 3 is 2.52 bits per heavy atom. The van der Waals surface area contributed by atoms with Crippen LogP contribution in [-0.2, 0) is 6.54 Å². The number of aliphatic hydroxyl groups is 1. The predicted molar refractivity (Wildman–Crippen MR) is 100 cm³/mol. The molecule has 0 bridgehead atoms. The number of hydrogen-bond acceptors (Lipinski definition) is 3. The van der Waals surface area contributed by atoms with Gasteiger partial charge in [-0.05, 0) is 42.5 Å². The first kappa shape index (κ1) is 17.9. The molecule has 1 saturated heterocycles. The van der Waals surface area contributed by atoms with Crippen LogP contribution >= 0.6 is 0 Å². The topological polar surface area (TPSA) is 35.5 Å². The Balaban J connectivity index is 1.63. The van der Waals surface area contributed by atoms with Crippen molar-refractivity contribution in [2.24, 2.45) is 0 Å². The van der Waals surface area contributed by atoms with E-state index in [1.165, 1.54) is 5.56 Å². The molecule has 2 aromatic rings. The van der Waals surface area contributed by atoms with Gasteiger partial charge in [-0.2, -0.15) is 0 Å². The molecule has 0 spiro atoms. The molecule has 1 aliphatic rings. The maximum atomic E-state index is 14.5. The highest BCUT2D eigenvalue weighted by Crippen LogP contribution is 2.25. The van der Waals surface area contributed by atoms with Gasteiger partial charge >= 0.3 is 0 Å². The summed E-state index contributed by atoms with van der Waals surface area (Å²) in [7, 11) is 0. The molecule has 1 unspecified atom stereocenters. The minimum Gasteiger partial charge on any atom is -0.393 e. The molecule has 3 nitrogen and oxygen atoms in total. The monoisotopic (exact) mass is 342 g/mol. The molecule has 134 valence electrons. The summed E-state index contributed by atoms with van der Waals surface area (Å²) in [5.74, 6) is -0.177. The minimum absolute atomic E-state index is 0.177. The van der Waals surface area contributed by atoms with Crippen molar-refractivity contribution < 1.29 is 9.50 Å². The van der Waals surface area contributed by atoms with E-state index in [1.54, 1.807) is 6.07 Å². The fourth-order valence-corrected chi connectivity index (χ4v) is 3.45. The molecule has 25 heavy (non-hydrogen) atoms. The van der Waals surface area contributed by atoms with Gasteiger partial charge in [0.05, 0.1) is 11.8 Å². The predicted octanol–water partition coefficient (Wildman–Crippen LogP) is 4.03. The van der Waals surface area contributed by atoms with Crippen molar-refractivity contribution in [3.8, 4) is 0 Å². The smallest absolute Gasteiger partial charge is 0.146 e. The zero-order valence-corrected chi connectivity index (χ0v) is 14.8. The summed E-state index contributed by atoms with van der Waals surface area (Å²) >= 11 is 0. The summed E-state index contributed by atoms with van der Waals surface area (Å²) in [5.41, 5.74) is 2.85. The molecule has 2 aromatic carbocycles. The zero-order chi connectivity index (χ0) is 17.6. The number of nitrogens with zero attached hydrogens (tertiary/aromatic N) is 1. The minimum atomic E-state index is -0.244. The van der Waals surface area contributed by atoms with Gasteiger partial charge in [0.2, 0.25) is 0 Å². The van der Waals surface area contributed by atoms with Crippen LogP contribution in [0.1, 0.15) is 43.4 Å². The van der Waals surface area contributed by atoms with Crippen molar-refractivity contribution in [3.05, 3.63) is 65.5 Å². The van der Waals surface area contributed by atoms with E-state index in [0.29, 0.717) is 38.2 Å². The van der Waals surface area contributed by atoms with Gasteiger partial charge in [-0.1, -0.05) is 43.3 Å². The van der Waals surface area contributed by atoms with E-state index in [0.717, 1.165) is 12.0 Å². The third-order valence-corrected chi connectivity index (χ3v) is 4.98. The highest BCUT2D eigenvalue weighted by molar-refractivity contribution is 5.49. The average Bonchev–Trinajstić information content (AvgIpc) is 2.64. The van der Waals surface area contributed by atoms with E-state index in [4.69, 9.17) is 0 Å². The molecule has 4 heteroatoms. The van der Waals surface area contributed by atoms with E-state index in [2.05, 4.69) is 24.4 Å². The number of anilines is 1. The zero-order valence-electron chi connectivity index (χ0n) is 14.8. The Hall–Kier alpha value is -1.91. The molecule has 0 aromatic heterocycles. The van der Waals surface area contributed by atoms with Crippen LogP contribution in [0.15, 0.2) is 48.5 Å². The van der Waals surface area contributed by atoms with E-state index in [1.807, 2.05) is 35.2 Å². The highest BCUT2D eigenvalue weighted by Gasteiger charge is 2.19. The Kier molecular flexibility index (Phi) is 6.05. The van der Waals surface area contributed by atoms with Crippen molar-refractivity contribution in [2.45, 2.75) is 44.9 Å². The molecule has 3 rings (SSSR count). The van der Waals surface area contributed by atoms with Gasteiger partial charge in [-0.25, -0.2) is 4.39 Å². The van der Waals surface area contributed by atoms with Crippen molar-refractivity contribution in [2.75, 3.05) is 18.0 Å². The van der Waals surface area contributed by atoms with Crippen molar-refractivity contribution in [1.82, 2.24) is 5.32 Å². The molecule has 0 saturated carbocycles. The van der Waals surface area contributed by atoms with Crippen LogP contribution in [0.5, 0.6) is 0 Å². The van der Waals surface area contributed by atoms with Crippen LogP contribution in [0.25, 0.3) is 0 Å². The van der Waals surface area contributed by atoms with E-state index in [-0.39, 0.29) is 18.0 Å². The van der Waals surface area contributed by atoms with Gasteiger partial charge in [0.1, 0.15) is 5.82 Å². The van der Waals surface area contributed by atoms with E-state index >= 15 is 0 Å². The lowest BCUT2D eigenvalue weighted by atomic mass is 10.0. The van der Waals surface area contributed by atoms with Gasteiger partial charge < -0.3 is 15.3 Å². The summed E-state index contributed by atoms with van der Waals surface area (Å²) < 4.78 is 14.5. The first-order valence-corrected chi connectivity index (χ1v) is 9.17. The van der Waals surface area contributed by atoms with Crippen LogP contribution in [0.2, 0.25) is 0 Å². The Labute approximate surface area is 149 Å². The number of aliphatic hydroxyl groups excluding tert-OH is 1. The average molecular weight is 342 g/mol. The third-order valence-electron chi connectivity index (χ3n) is 4.98. The second kappa shape index (κ2) is 8.45. The quantitative estimate of drug-likeness (QED) is 0.832. The lowest BCUT2D eigenvalue weighted by molar-refractivity contribution is 0.145. The maximum Gasteiger partial charge on any atom is 0.146 e. The van der Waals surface area contributed by atoms with Gasteiger partial charge in [0.25, 0.3) is 0 Å². The number of benzene rings is 2. The molecule has 1 aliphatic heterocycles. The highest BCUT2D eigenvalue weighted by atomic mass is 19.1. The number of hydrogen-bond donors (Lipinski definition) is 2. The number of piperidine rings is 1. The number of rotatable bonds is 6. The Morgan fingerprint density at radius 1 is 1.16 bits per heavy atom. The summed E-state index contributed by atoms with van der Waals surface area (Å²) in [6.07, 6.45) is 2.16. The van der Waals surface area contributed by atoms with Crippen molar-refractivity contribution >= 4 is 5.69 Å². The summed E-state index contributed by atoms with van der Waals surface area (Å²) in [6, 6.07) is 16.1. The normalized spacial score (nSPS) is 16.8. The lowest BCUT2D eigenvalue weighted by Gasteiger charge is -2.31. The first-order chi connectivity index (χ1) is 12.2. The Morgan fingerprint density at radius 2 is 1.88 bits per heavy atom. The Bertz CT molecular complexity index is 669. The lowest BCUT2D eigenvalue weighted by Crippen LogP contribution is -2.36. The molecule has 1 fully saturated rings. The van der Waals surface area contributed by atoms with Crippen molar-refractivity contribution in [3.63, 3.8) is 0 Å². The second-order valence-corrected chi connectivity index (χ2v) is 6.76. The van der Waals surface area contributed by atoms with E-state index < -0.39 is 0 Å². The molecule has 1 heterocycles. The van der Waals surface area contributed by atoms with Crippen LogP contribution in [0, 0.1) is 5.82 Å². The maximum absolute atomic E-state index is 14.5. The second-order valence-electron chi connectivity index (χ2n) is 6.76. The molecular weight excluding hydrogens is 315 g/mol. The van der Waals surface area contributed by atoms with Crippen LogP contribution in [0.4, 0.5) is 10.1 Å². The first-order valence-electron chi connectivity index (χ1n) is 9.17. The molecule has 1 atom stereocenters. The fourth-order valence-electron chi connectivity index (χ4n) is 3.45. The van der Waals surface area contributed by atoms with E-state index in [9.17, 15) is 9.50 Å². The van der Waals surface area contributed by atoms with Gasteiger partial charge in [-0.15, -0.1) is 0 Å². The summed E-state index contributed by atoms with van der Waals surface area (Å²) in [6.45, 7) is 4.21. The van der Waals surface area contributed by atoms with Gasteiger partial charge in [0, 0.05) is 25.7 Å². The third kappa shape index (κ3) is 4.59. The summed E-state index contributed by atoms with van der Waals surface area (Å²) in [4.78, 5) is 2.03.